The zero-order valence-electron chi connectivity index (χ0n) is 16.7. The average molecular weight is 471 g/mol. The van der Waals surface area contributed by atoms with Crippen LogP contribution in [0.3, 0.4) is 0 Å². The lowest BCUT2D eigenvalue weighted by Crippen LogP contribution is -1.99. The first kappa shape index (κ1) is 21.9. The Balaban J connectivity index is 1.97. The van der Waals surface area contributed by atoms with Gasteiger partial charge in [0.1, 0.15) is 23.5 Å². The lowest BCUT2D eigenvalue weighted by atomic mass is 10.1. The number of ether oxygens (including phenoxy) is 1. The van der Waals surface area contributed by atoms with Crippen molar-refractivity contribution in [3.8, 4) is 23.6 Å². The molecule has 0 spiro atoms. The first-order valence-corrected chi connectivity index (χ1v) is 11.6. The zero-order valence-corrected chi connectivity index (χ0v) is 19.0. The van der Waals surface area contributed by atoms with E-state index in [0.717, 1.165) is 9.79 Å². The number of hydrogen-bond acceptors (Lipinski definition) is 5. The van der Waals surface area contributed by atoms with Gasteiger partial charge in [-0.25, -0.2) is 0 Å². The van der Waals surface area contributed by atoms with Crippen LogP contribution < -0.4 is 4.74 Å². The summed E-state index contributed by atoms with van der Waals surface area (Å²) in [6.45, 7) is 0. The van der Waals surface area contributed by atoms with Crippen molar-refractivity contribution in [2.45, 2.75) is 19.6 Å². The van der Waals surface area contributed by atoms with Crippen molar-refractivity contribution in [1.29, 1.82) is 10.5 Å². The van der Waals surface area contributed by atoms with Crippen LogP contribution in [0.2, 0.25) is 5.02 Å². The summed E-state index contributed by atoms with van der Waals surface area (Å²) in [7, 11) is 0. The van der Waals surface area contributed by atoms with Gasteiger partial charge in [0.15, 0.2) is 5.75 Å². The van der Waals surface area contributed by atoms with Gasteiger partial charge in [-0.15, -0.1) is 0 Å². The van der Waals surface area contributed by atoms with Gasteiger partial charge >= 0.3 is 0 Å². The molecule has 0 aliphatic rings. The van der Waals surface area contributed by atoms with E-state index in [1.807, 2.05) is 91.0 Å². The van der Waals surface area contributed by atoms with Crippen LogP contribution in [0.25, 0.3) is 0 Å². The minimum Gasteiger partial charge on any atom is -0.455 e. The fourth-order valence-corrected chi connectivity index (χ4v) is 5.48. The topological polar surface area (TPSA) is 56.8 Å². The van der Waals surface area contributed by atoms with Gasteiger partial charge in [-0.3, -0.25) is 0 Å². The maximum atomic E-state index is 9.95. The molecule has 0 aliphatic heterocycles. The maximum absolute atomic E-state index is 9.95. The molecule has 0 heterocycles. The number of para-hydroxylation sites is 1. The summed E-state index contributed by atoms with van der Waals surface area (Å²) in [5.74, 6) is 0.896. The molecule has 0 saturated carbocycles. The van der Waals surface area contributed by atoms with Gasteiger partial charge in [0, 0.05) is 9.79 Å². The summed E-state index contributed by atoms with van der Waals surface area (Å²) < 4.78 is 6.21. The normalized spacial score (nSPS) is 10.2. The second-order valence-electron chi connectivity index (χ2n) is 6.52. The van der Waals surface area contributed by atoms with Crippen LogP contribution in [-0.4, -0.2) is 0 Å². The van der Waals surface area contributed by atoms with Crippen molar-refractivity contribution >= 4 is 35.1 Å². The summed E-state index contributed by atoms with van der Waals surface area (Å²) in [5, 5.41) is 20.0. The SMILES string of the molecule is N#Cc1c(Cl)c(Sc2ccccc2)c(Sc2ccccc2)c(Oc2ccccc2)c1C#N. The van der Waals surface area contributed by atoms with Gasteiger partial charge < -0.3 is 4.74 Å². The van der Waals surface area contributed by atoms with Crippen LogP contribution in [0.1, 0.15) is 11.1 Å². The Morgan fingerprint density at radius 1 is 0.625 bits per heavy atom. The lowest BCUT2D eigenvalue weighted by Gasteiger charge is -2.19. The number of hydrogen-bond donors (Lipinski definition) is 0. The smallest absolute Gasteiger partial charge is 0.161 e. The second-order valence-corrected chi connectivity index (χ2v) is 9.07. The molecular formula is C26H15ClN2OS2. The number of rotatable bonds is 6. The fourth-order valence-electron chi connectivity index (χ4n) is 2.97. The van der Waals surface area contributed by atoms with Crippen LogP contribution in [0.5, 0.6) is 11.5 Å². The highest BCUT2D eigenvalue weighted by atomic mass is 35.5. The Morgan fingerprint density at radius 2 is 1.09 bits per heavy atom. The molecule has 0 aromatic heterocycles. The first-order valence-electron chi connectivity index (χ1n) is 9.59. The van der Waals surface area contributed by atoms with E-state index < -0.39 is 0 Å². The van der Waals surface area contributed by atoms with Gasteiger partial charge in [0.2, 0.25) is 0 Å². The Hall–Kier alpha value is -3.35. The molecule has 4 aromatic carbocycles. The van der Waals surface area contributed by atoms with Crippen LogP contribution in [0, 0.1) is 22.7 Å². The first-order chi connectivity index (χ1) is 15.7. The average Bonchev–Trinajstić information content (AvgIpc) is 2.84. The lowest BCUT2D eigenvalue weighted by molar-refractivity contribution is 0.466. The molecule has 0 atom stereocenters. The van der Waals surface area contributed by atoms with E-state index in [1.165, 1.54) is 23.5 Å². The highest BCUT2D eigenvalue weighted by Gasteiger charge is 2.26. The fraction of sp³-hybridized carbons (Fsp3) is 0. The Bertz CT molecular complexity index is 1320. The van der Waals surface area contributed by atoms with Gasteiger partial charge in [-0.05, 0) is 36.4 Å². The molecule has 6 heteroatoms. The predicted octanol–water partition coefficient (Wildman–Crippen LogP) is 8.18. The third-order valence-electron chi connectivity index (χ3n) is 4.42. The minimum atomic E-state index is 0.107. The molecule has 32 heavy (non-hydrogen) atoms. The molecule has 0 N–H and O–H groups in total. The van der Waals surface area contributed by atoms with E-state index >= 15 is 0 Å². The summed E-state index contributed by atoms with van der Waals surface area (Å²) >= 11 is 9.62. The zero-order chi connectivity index (χ0) is 22.3. The maximum Gasteiger partial charge on any atom is 0.161 e. The van der Waals surface area contributed by atoms with E-state index in [2.05, 4.69) is 12.1 Å². The molecule has 0 saturated heterocycles. The van der Waals surface area contributed by atoms with Gasteiger partial charge in [-0.2, -0.15) is 10.5 Å². The largest absolute Gasteiger partial charge is 0.455 e. The third-order valence-corrected chi connectivity index (χ3v) is 7.26. The standard InChI is InChI=1S/C26H15ClN2OS2/c27-23-21(16-28)22(17-29)24(30-18-10-4-1-5-11-18)26(32-20-14-8-3-9-15-20)25(23)31-19-12-6-2-7-13-19/h1-15H. The van der Waals surface area contributed by atoms with Gasteiger partial charge in [0.05, 0.1) is 20.4 Å². The second kappa shape index (κ2) is 10.3. The molecule has 4 rings (SSSR count). The van der Waals surface area contributed by atoms with Crippen LogP contribution in [0.15, 0.2) is 111 Å². The Labute approximate surface area is 200 Å². The summed E-state index contributed by atoms with van der Waals surface area (Å²) in [6, 6.07) is 33.0. The van der Waals surface area contributed by atoms with Gasteiger partial charge in [-0.1, -0.05) is 89.7 Å². The monoisotopic (exact) mass is 470 g/mol. The molecule has 0 aliphatic carbocycles. The van der Waals surface area contributed by atoms with E-state index in [-0.39, 0.29) is 16.1 Å². The predicted molar refractivity (Wildman–Crippen MR) is 129 cm³/mol. The number of nitriles is 2. The third kappa shape index (κ3) is 4.77. The van der Waals surface area contributed by atoms with Gasteiger partial charge in [0.25, 0.3) is 0 Å². The summed E-state index contributed by atoms with van der Waals surface area (Å²) in [4.78, 5) is 3.29. The Kier molecular flexibility index (Phi) is 7.04. The molecule has 0 unspecified atom stereocenters. The quantitative estimate of drug-likeness (QED) is 0.284. The van der Waals surface area contributed by atoms with Crippen molar-refractivity contribution in [3.63, 3.8) is 0 Å². The Morgan fingerprint density at radius 3 is 1.59 bits per heavy atom. The molecule has 0 amide bonds. The van der Waals surface area contributed by atoms with Crippen molar-refractivity contribution in [2.24, 2.45) is 0 Å². The van der Waals surface area contributed by atoms with Crippen molar-refractivity contribution in [3.05, 3.63) is 107 Å². The van der Waals surface area contributed by atoms with Crippen LogP contribution in [-0.2, 0) is 0 Å². The molecule has 0 radical (unpaired) electrons. The van der Waals surface area contributed by atoms with Crippen LogP contribution >= 0.6 is 35.1 Å². The van der Waals surface area contributed by atoms with E-state index in [0.29, 0.717) is 21.3 Å². The number of halogens is 1. The van der Waals surface area contributed by atoms with Crippen molar-refractivity contribution < 1.29 is 4.74 Å². The van der Waals surface area contributed by atoms with Crippen molar-refractivity contribution in [2.75, 3.05) is 0 Å². The number of nitrogens with zero attached hydrogens (tertiary/aromatic N) is 2. The van der Waals surface area contributed by atoms with Crippen LogP contribution in [0.4, 0.5) is 0 Å². The summed E-state index contributed by atoms with van der Waals surface area (Å²) in [6.07, 6.45) is 0. The van der Waals surface area contributed by atoms with E-state index in [4.69, 9.17) is 16.3 Å². The summed E-state index contributed by atoms with van der Waals surface area (Å²) in [5.41, 5.74) is 0.230. The highest BCUT2D eigenvalue weighted by Crippen LogP contribution is 2.51. The highest BCUT2D eigenvalue weighted by molar-refractivity contribution is 8.02. The minimum absolute atomic E-state index is 0.107. The van der Waals surface area contributed by atoms with E-state index in [1.54, 1.807) is 0 Å². The molecule has 154 valence electrons. The molecule has 0 bridgehead atoms. The molecule has 4 aromatic rings. The molecular weight excluding hydrogens is 456 g/mol. The molecule has 0 fully saturated rings. The van der Waals surface area contributed by atoms with Crippen molar-refractivity contribution in [1.82, 2.24) is 0 Å². The molecule has 3 nitrogen and oxygen atoms in total. The van der Waals surface area contributed by atoms with E-state index in [9.17, 15) is 10.5 Å². The number of benzene rings is 4.